The number of benzene rings is 2. The van der Waals surface area contributed by atoms with Crippen molar-refractivity contribution in [3.05, 3.63) is 78.0 Å². The van der Waals surface area contributed by atoms with Crippen LogP contribution in [0.3, 0.4) is 0 Å². The molecule has 0 unspecified atom stereocenters. The van der Waals surface area contributed by atoms with Gasteiger partial charge in [-0.15, -0.1) is 0 Å². The van der Waals surface area contributed by atoms with E-state index >= 15 is 0 Å². The lowest BCUT2D eigenvalue weighted by atomic mass is 10.1. The summed E-state index contributed by atoms with van der Waals surface area (Å²) in [5.41, 5.74) is 7.36. The molecule has 0 saturated carbocycles. The smallest absolute Gasteiger partial charge is 0.368 e. The molecule has 206 valence electrons. The van der Waals surface area contributed by atoms with Gasteiger partial charge in [0.2, 0.25) is 17.6 Å². The van der Waals surface area contributed by atoms with Gasteiger partial charge in [-0.3, -0.25) is 24.2 Å². The highest BCUT2D eigenvalue weighted by Gasteiger charge is 2.37. The van der Waals surface area contributed by atoms with Crippen molar-refractivity contribution >= 4 is 46.2 Å². The molecule has 0 fully saturated rings. The number of nitrogens with one attached hydrogen (secondary N) is 1. The number of pyridine rings is 1. The van der Waals surface area contributed by atoms with Gasteiger partial charge in [-0.2, -0.15) is 24.9 Å². The number of amides is 3. The molecule has 1 heterocycles. The maximum atomic E-state index is 13.3. The van der Waals surface area contributed by atoms with Crippen molar-refractivity contribution in [1.29, 1.82) is 0 Å². The highest BCUT2D eigenvalue weighted by atomic mass is 32.2. The molecule has 8 nitrogen and oxygen atoms in total. The summed E-state index contributed by atoms with van der Waals surface area (Å²) < 4.78 is 37.3. The van der Waals surface area contributed by atoms with Crippen LogP contribution in [-0.2, 0) is 20.9 Å². The van der Waals surface area contributed by atoms with Gasteiger partial charge in [-0.25, -0.2) is 0 Å². The van der Waals surface area contributed by atoms with Crippen molar-refractivity contribution < 1.29 is 32.3 Å². The lowest BCUT2D eigenvalue weighted by molar-refractivity contribution is -0.167. The summed E-state index contributed by atoms with van der Waals surface area (Å²) in [7, 11) is 0. The standard InChI is InChI=1S/C27H27F3N4O4S/c28-27(29,30)23(35)17-39-12-6-11-22(25(31)37)34(16-18-13-20-9-4-5-10-21(20)32-14-18)24(36)15-33-26(38)19-7-2-1-3-8-19/h1-5,7-10,13-14,22H,6,11-12,15-17H2,(H2,31,37)(H,33,38)/t22-/m0/s1. The maximum absolute atomic E-state index is 13.3. The molecule has 0 saturated heterocycles. The molecule has 0 spiro atoms. The molecule has 0 aliphatic carbocycles. The highest BCUT2D eigenvalue weighted by molar-refractivity contribution is 7.99. The fourth-order valence-corrected chi connectivity index (χ4v) is 4.66. The minimum atomic E-state index is -4.90. The van der Waals surface area contributed by atoms with Gasteiger partial charge in [0.1, 0.15) is 6.04 Å². The van der Waals surface area contributed by atoms with E-state index in [0.717, 1.165) is 22.7 Å². The predicted molar refractivity (Wildman–Crippen MR) is 142 cm³/mol. The Morgan fingerprint density at radius 2 is 1.72 bits per heavy atom. The van der Waals surface area contributed by atoms with Gasteiger partial charge in [0, 0.05) is 23.7 Å². The molecule has 3 N–H and O–H groups in total. The van der Waals surface area contributed by atoms with Crippen LogP contribution in [0.15, 0.2) is 66.9 Å². The summed E-state index contributed by atoms with van der Waals surface area (Å²) in [5.74, 6) is -4.28. The van der Waals surface area contributed by atoms with Crippen LogP contribution in [0.25, 0.3) is 10.9 Å². The van der Waals surface area contributed by atoms with Crippen molar-refractivity contribution in [1.82, 2.24) is 15.2 Å². The van der Waals surface area contributed by atoms with E-state index < -0.39 is 48.0 Å². The topological polar surface area (TPSA) is 122 Å². The number of thioether (sulfide) groups is 1. The molecule has 0 aliphatic rings. The molecule has 0 bridgehead atoms. The number of halogens is 3. The van der Waals surface area contributed by atoms with Crippen molar-refractivity contribution in [3.63, 3.8) is 0 Å². The number of Topliss-reactive ketones (excluding diaryl/α,β-unsaturated/α-hetero) is 1. The zero-order valence-electron chi connectivity index (χ0n) is 20.8. The zero-order valence-corrected chi connectivity index (χ0v) is 21.6. The first kappa shape index (κ1) is 29.6. The number of para-hydroxylation sites is 1. The van der Waals surface area contributed by atoms with Crippen LogP contribution in [0.1, 0.15) is 28.8 Å². The number of alkyl halides is 3. The Morgan fingerprint density at radius 3 is 2.41 bits per heavy atom. The summed E-state index contributed by atoms with van der Waals surface area (Å²) >= 11 is 0.787. The van der Waals surface area contributed by atoms with E-state index in [9.17, 15) is 32.3 Å². The van der Waals surface area contributed by atoms with E-state index in [0.29, 0.717) is 11.1 Å². The van der Waals surface area contributed by atoms with E-state index in [1.165, 1.54) is 4.90 Å². The van der Waals surface area contributed by atoms with Gasteiger partial charge in [-0.1, -0.05) is 36.4 Å². The molecule has 1 aromatic heterocycles. The third-order valence-corrected chi connectivity index (χ3v) is 6.82. The van der Waals surface area contributed by atoms with Crippen LogP contribution in [-0.4, -0.2) is 63.7 Å². The van der Waals surface area contributed by atoms with E-state index in [1.54, 1.807) is 36.5 Å². The zero-order chi connectivity index (χ0) is 28.4. The molecule has 12 heteroatoms. The third-order valence-electron chi connectivity index (χ3n) is 5.78. The Kier molecular flexibility index (Phi) is 10.4. The second kappa shape index (κ2) is 13.7. The Bertz CT molecular complexity index is 1320. The minimum absolute atomic E-state index is 0.0365. The normalized spacial score (nSPS) is 12.1. The summed E-state index contributed by atoms with van der Waals surface area (Å²) in [6.45, 7) is -0.446. The van der Waals surface area contributed by atoms with Crippen LogP contribution < -0.4 is 11.1 Å². The largest absolute Gasteiger partial charge is 0.450 e. The predicted octanol–water partition coefficient (Wildman–Crippen LogP) is 3.49. The Morgan fingerprint density at radius 1 is 1.03 bits per heavy atom. The highest BCUT2D eigenvalue weighted by Crippen LogP contribution is 2.21. The lowest BCUT2D eigenvalue weighted by Crippen LogP contribution is -2.50. The van der Waals surface area contributed by atoms with E-state index in [-0.39, 0.29) is 25.1 Å². The lowest BCUT2D eigenvalue weighted by Gasteiger charge is -2.30. The van der Waals surface area contributed by atoms with Crippen molar-refractivity contribution in [2.24, 2.45) is 5.73 Å². The first-order valence-electron chi connectivity index (χ1n) is 12.0. The molecule has 0 radical (unpaired) electrons. The molecule has 3 rings (SSSR count). The van der Waals surface area contributed by atoms with Gasteiger partial charge in [0.15, 0.2) is 0 Å². The van der Waals surface area contributed by atoms with E-state index in [1.807, 2.05) is 30.3 Å². The molecule has 3 amide bonds. The minimum Gasteiger partial charge on any atom is -0.368 e. The summed E-state index contributed by atoms with van der Waals surface area (Å²) in [6.07, 6.45) is -3.05. The molecule has 0 aliphatic heterocycles. The Hall–Kier alpha value is -3.93. The molecular weight excluding hydrogens is 533 g/mol. The maximum Gasteiger partial charge on any atom is 0.450 e. The molecular formula is C27H27F3N4O4S. The van der Waals surface area contributed by atoms with Crippen LogP contribution >= 0.6 is 11.8 Å². The first-order chi connectivity index (χ1) is 18.6. The third kappa shape index (κ3) is 8.81. The molecule has 39 heavy (non-hydrogen) atoms. The summed E-state index contributed by atoms with van der Waals surface area (Å²) in [6, 6.07) is 16.4. The van der Waals surface area contributed by atoms with Gasteiger partial charge in [0.05, 0.1) is 17.8 Å². The average molecular weight is 561 g/mol. The fraction of sp³-hybridized carbons (Fsp3) is 0.296. The second-order valence-electron chi connectivity index (χ2n) is 8.64. The number of hydrogen-bond donors (Lipinski definition) is 2. The van der Waals surface area contributed by atoms with Crippen LogP contribution in [0, 0.1) is 0 Å². The number of aromatic nitrogens is 1. The van der Waals surface area contributed by atoms with Gasteiger partial charge in [-0.05, 0) is 48.4 Å². The van der Waals surface area contributed by atoms with Crippen molar-refractivity contribution in [2.45, 2.75) is 31.6 Å². The summed E-state index contributed by atoms with van der Waals surface area (Å²) in [5, 5.41) is 3.37. The Labute approximate surface area is 227 Å². The van der Waals surface area contributed by atoms with Crippen molar-refractivity contribution in [2.75, 3.05) is 18.1 Å². The number of hydrogen-bond acceptors (Lipinski definition) is 6. The van der Waals surface area contributed by atoms with Crippen LogP contribution in [0.2, 0.25) is 0 Å². The first-order valence-corrected chi connectivity index (χ1v) is 13.1. The number of rotatable bonds is 13. The summed E-state index contributed by atoms with van der Waals surface area (Å²) in [4.78, 5) is 54.9. The SMILES string of the molecule is NC(=O)[C@H](CCCSCC(=O)C(F)(F)F)N(Cc1cnc2ccccc2c1)C(=O)CNC(=O)c1ccccc1. The fourth-order valence-electron chi connectivity index (χ4n) is 3.80. The number of carbonyl (C=O) groups excluding carboxylic acids is 4. The molecule has 1 atom stereocenters. The number of fused-ring (bicyclic) bond motifs is 1. The van der Waals surface area contributed by atoms with Gasteiger partial charge in [0.25, 0.3) is 5.91 Å². The monoisotopic (exact) mass is 560 g/mol. The number of nitrogens with zero attached hydrogens (tertiary/aromatic N) is 2. The number of nitrogens with two attached hydrogens (primary N) is 1. The Balaban J connectivity index is 1.73. The van der Waals surface area contributed by atoms with Crippen LogP contribution in [0.5, 0.6) is 0 Å². The number of carbonyl (C=O) groups is 4. The molecule has 2 aromatic carbocycles. The van der Waals surface area contributed by atoms with Crippen molar-refractivity contribution in [3.8, 4) is 0 Å². The number of primary amides is 1. The molecule has 3 aromatic rings. The van der Waals surface area contributed by atoms with Gasteiger partial charge >= 0.3 is 6.18 Å². The number of ketones is 1. The van der Waals surface area contributed by atoms with E-state index in [2.05, 4.69) is 10.3 Å². The average Bonchev–Trinajstić information content (AvgIpc) is 2.92. The van der Waals surface area contributed by atoms with E-state index in [4.69, 9.17) is 5.73 Å². The van der Waals surface area contributed by atoms with Gasteiger partial charge < -0.3 is 16.0 Å². The van der Waals surface area contributed by atoms with Crippen LogP contribution in [0.4, 0.5) is 13.2 Å². The second-order valence-corrected chi connectivity index (χ2v) is 9.75. The quantitative estimate of drug-likeness (QED) is 0.309.